The molecule has 0 bridgehead atoms. The highest BCUT2D eigenvalue weighted by Gasteiger charge is 2.58. The van der Waals surface area contributed by atoms with Gasteiger partial charge >= 0.3 is 0 Å². The average molecular weight is 275 g/mol. The standard InChI is InChI=1S/C18H29NO/c1-17-8-3-4-14(17)13-6-5-12-11-19-16(20)10-18(12,2)15(13)7-9-17/h12-15H,3-11H2,1-2H3,(H,19,20)/t12-,13-,14+,15+,17-,18-/m0/s1. The monoisotopic (exact) mass is 275 g/mol. The highest BCUT2D eigenvalue weighted by molar-refractivity contribution is 5.77. The summed E-state index contributed by atoms with van der Waals surface area (Å²) in [6.07, 6.45) is 10.8. The Hall–Kier alpha value is -0.530. The van der Waals surface area contributed by atoms with Crippen LogP contribution in [0.25, 0.3) is 0 Å². The highest BCUT2D eigenvalue weighted by atomic mass is 16.1. The lowest BCUT2D eigenvalue weighted by Crippen LogP contribution is -2.57. The van der Waals surface area contributed by atoms with E-state index in [1.165, 1.54) is 44.9 Å². The Kier molecular flexibility index (Phi) is 2.79. The Bertz CT molecular complexity index is 433. The topological polar surface area (TPSA) is 29.1 Å². The third kappa shape index (κ3) is 1.66. The van der Waals surface area contributed by atoms with Crippen molar-refractivity contribution in [3.63, 3.8) is 0 Å². The number of nitrogens with one attached hydrogen (secondary N) is 1. The molecule has 1 aliphatic heterocycles. The molecule has 6 atom stereocenters. The zero-order chi connectivity index (χ0) is 14.0. The number of rotatable bonds is 0. The van der Waals surface area contributed by atoms with Gasteiger partial charge in [-0.3, -0.25) is 4.79 Å². The summed E-state index contributed by atoms with van der Waals surface area (Å²) in [6, 6.07) is 0. The Morgan fingerprint density at radius 3 is 2.75 bits per heavy atom. The van der Waals surface area contributed by atoms with Crippen molar-refractivity contribution >= 4 is 5.91 Å². The molecule has 0 unspecified atom stereocenters. The number of piperidine rings is 1. The Labute approximate surface area is 123 Å². The van der Waals surface area contributed by atoms with E-state index in [1.54, 1.807) is 0 Å². The number of carbonyl (C=O) groups excluding carboxylic acids is 1. The summed E-state index contributed by atoms with van der Waals surface area (Å²) >= 11 is 0. The molecule has 3 saturated carbocycles. The molecule has 2 nitrogen and oxygen atoms in total. The SMILES string of the molecule is C[C@@]12CCC[C@@H]1[C@@H]1CC[C@H]3CNC(=O)C[C@]3(C)[C@@H]1CC2. The predicted molar refractivity (Wildman–Crippen MR) is 80.1 cm³/mol. The summed E-state index contributed by atoms with van der Waals surface area (Å²) in [6.45, 7) is 5.95. The molecule has 4 fully saturated rings. The summed E-state index contributed by atoms with van der Waals surface area (Å²) in [4.78, 5) is 12.0. The quantitative estimate of drug-likeness (QED) is 0.716. The maximum atomic E-state index is 12.0. The lowest BCUT2D eigenvalue weighted by Gasteiger charge is -2.59. The molecular formula is C18H29NO. The van der Waals surface area contributed by atoms with Crippen LogP contribution in [0.3, 0.4) is 0 Å². The van der Waals surface area contributed by atoms with Crippen LogP contribution in [0.4, 0.5) is 0 Å². The van der Waals surface area contributed by atoms with Gasteiger partial charge in [-0.05, 0) is 73.0 Å². The van der Waals surface area contributed by atoms with Gasteiger partial charge in [-0.25, -0.2) is 0 Å². The molecule has 1 heterocycles. The number of carbonyl (C=O) groups is 1. The molecule has 1 saturated heterocycles. The summed E-state index contributed by atoms with van der Waals surface area (Å²) in [5.41, 5.74) is 0.941. The fourth-order valence-corrected chi connectivity index (χ4v) is 6.78. The largest absolute Gasteiger partial charge is 0.356 e. The lowest BCUT2D eigenvalue weighted by atomic mass is 9.46. The maximum Gasteiger partial charge on any atom is 0.220 e. The zero-order valence-corrected chi connectivity index (χ0v) is 13.1. The minimum atomic E-state index is 0.301. The van der Waals surface area contributed by atoms with Crippen molar-refractivity contribution in [3.05, 3.63) is 0 Å². The normalized spacial score (nSPS) is 54.6. The molecule has 1 amide bonds. The van der Waals surface area contributed by atoms with E-state index in [2.05, 4.69) is 19.2 Å². The van der Waals surface area contributed by atoms with Crippen LogP contribution in [0.5, 0.6) is 0 Å². The van der Waals surface area contributed by atoms with Crippen molar-refractivity contribution in [1.82, 2.24) is 5.32 Å². The Morgan fingerprint density at radius 2 is 1.90 bits per heavy atom. The molecular weight excluding hydrogens is 246 g/mol. The van der Waals surface area contributed by atoms with Crippen molar-refractivity contribution in [2.45, 2.75) is 65.2 Å². The maximum absolute atomic E-state index is 12.0. The van der Waals surface area contributed by atoms with Crippen molar-refractivity contribution in [2.75, 3.05) is 6.54 Å². The fraction of sp³-hybridized carbons (Fsp3) is 0.944. The van der Waals surface area contributed by atoms with E-state index in [-0.39, 0.29) is 0 Å². The van der Waals surface area contributed by atoms with Gasteiger partial charge in [0.1, 0.15) is 0 Å². The number of hydrogen-bond acceptors (Lipinski definition) is 1. The van der Waals surface area contributed by atoms with Crippen molar-refractivity contribution < 1.29 is 4.79 Å². The van der Waals surface area contributed by atoms with Crippen LogP contribution in [-0.2, 0) is 4.79 Å². The summed E-state index contributed by atoms with van der Waals surface area (Å²) < 4.78 is 0. The third-order valence-electron chi connectivity index (χ3n) is 7.93. The molecule has 1 N–H and O–H groups in total. The van der Waals surface area contributed by atoms with Gasteiger partial charge in [-0.15, -0.1) is 0 Å². The second-order valence-electron chi connectivity index (χ2n) is 8.72. The van der Waals surface area contributed by atoms with Gasteiger partial charge in [0, 0.05) is 13.0 Å². The molecule has 0 aromatic carbocycles. The fourth-order valence-electron chi connectivity index (χ4n) is 6.78. The summed E-state index contributed by atoms with van der Waals surface area (Å²) in [5, 5.41) is 3.12. The number of fused-ring (bicyclic) bond motifs is 5. The van der Waals surface area contributed by atoms with Crippen LogP contribution in [0, 0.1) is 34.5 Å². The van der Waals surface area contributed by atoms with E-state index < -0.39 is 0 Å². The van der Waals surface area contributed by atoms with Gasteiger partial charge in [-0.1, -0.05) is 20.3 Å². The predicted octanol–water partition coefficient (Wildman–Crippen LogP) is 3.76. The molecule has 0 aromatic rings. The number of amides is 1. The van der Waals surface area contributed by atoms with E-state index in [1.807, 2.05) is 0 Å². The smallest absolute Gasteiger partial charge is 0.220 e. The second kappa shape index (κ2) is 4.24. The van der Waals surface area contributed by atoms with Crippen LogP contribution in [-0.4, -0.2) is 12.5 Å². The van der Waals surface area contributed by atoms with Crippen LogP contribution in [0.15, 0.2) is 0 Å². The molecule has 20 heavy (non-hydrogen) atoms. The van der Waals surface area contributed by atoms with Gasteiger partial charge in [0.15, 0.2) is 0 Å². The molecule has 0 radical (unpaired) electrons. The van der Waals surface area contributed by atoms with E-state index in [0.29, 0.717) is 16.7 Å². The molecule has 0 spiro atoms. The van der Waals surface area contributed by atoms with Gasteiger partial charge in [-0.2, -0.15) is 0 Å². The Balaban J connectivity index is 1.66. The van der Waals surface area contributed by atoms with E-state index in [9.17, 15) is 4.79 Å². The Morgan fingerprint density at radius 1 is 1.05 bits per heavy atom. The molecule has 3 aliphatic carbocycles. The summed E-state index contributed by atoms with van der Waals surface area (Å²) in [5.74, 6) is 3.76. The molecule has 4 rings (SSSR count). The average Bonchev–Trinajstić information content (AvgIpc) is 2.79. The van der Waals surface area contributed by atoms with Gasteiger partial charge < -0.3 is 5.32 Å². The van der Waals surface area contributed by atoms with E-state index >= 15 is 0 Å². The minimum Gasteiger partial charge on any atom is -0.356 e. The van der Waals surface area contributed by atoms with Gasteiger partial charge in [0.2, 0.25) is 5.91 Å². The van der Waals surface area contributed by atoms with Gasteiger partial charge in [0.25, 0.3) is 0 Å². The van der Waals surface area contributed by atoms with E-state index in [4.69, 9.17) is 0 Å². The van der Waals surface area contributed by atoms with Crippen LogP contribution >= 0.6 is 0 Å². The van der Waals surface area contributed by atoms with Crippen LogP contribution in [0.1, 0.15) is 65.2 Å². The van der Waals surface area contributed by atoms with Crippen LogP contribution in [0.2, 0.25) is 0 Å². The first kappa shape index (κ1) is 13.2. The third-order valence-corrected chi connectivity index (χ3v) is 7.93. The van der Waals surface area contributed by atoms with Gasteiger partial charge in [0.05, 0.1) is 0 Å². The van der Waals surface area contributed by atoms with Crippen molar-refractivity contribution in [3.8, 4) is 0 Å². The molecule has 2 heteroatoms. The molecule has 4 aliphatic rings. The first-order chi connectivity index (χ1) is 9.53. The lowest BCUT2D eigenvalue weighted by molar-refractivity contribution is -0.141. The minimum absolute atomic E-state index is 0.301. The summed E-state index contributed by atoms with van der Waals surface area (Å²) in [7, 11) is 0. The highest BCUT2D eigenvalue weighted by Crippen LogP contribution is 2.64. The first-order valence-corrected chi connectivity index (χ1v) is 8.80. The molecule has 112 valence electrons. The van der Waals surface area contributed by atoms with E-state index in [0.717, 1.165) is 36.6 Å². The molecule has 0 aromatic heterocycles. The number of hydrogen-bond donors (Lipinski definition) is 1. The zero-order valence-electron chi connectivity index (χ0n) is 13.1. The van der Waals surface area contributed by atoms with Crippen molar-refractivity contribution in [1.29, 1.82) is 0 Å². The second-order valence-corrected chi connectivity index (χ2v) is 8.72. The van der Waals surface area contributed by atoms with Crippen LogP contribution < -0.4 is 5.32 Å². The van der Waals surface area contributed by atoms with Crippen molar-refractivity contribution in [2.24, 2.45) is 34.5 Å². The first-order valence-electron chi connectivity index (χ1n) is 8.80.